The van der Waals surface area contributed by atoms with E-state index in [1.165, 1.54) is 9.13 Å². The number of fused-ring (bicyclic) bond motifs is 1. The van der Waals surface area contributed by atoms with Crippen molar-refractivity contribution >= 4 is 57.8 Å². The number of aliphatic carboxylic acids is 2. The standard InChI is InChI=1S/C16H17IN2O4S/c1-2-3-4-9-5-13-12(6-11(9)17)19-14(8-24-13)18-7-10(15(20)21)16(22)23/h5-7H,2-4,8H2,1H3,(H,18,19)(H,20,21)(H,22,23). The van der Waals surface area contributed by atoms with Crippen LogP contribution in [0.1, 0.15) is 25.3 Å². The minimum atomic E-state index is -1.51. The average molecular weight is 460 g/mol. The van der Waals surface area contributed by atoms with Crippen molar-refractivity contribution in [3.63, 3.8) is 0 Å². The Kier molecular flexibility index (Phi) is 6.67. The maximum absolute atomic E-state index is 10.8. The third-order valence-corrected chi connectivity index (χ3v) is 5.47. The molecule has 0 bridgehead atoms. The molecule has 1 aromatic carbocycles. The van der Waals surface area contributed by atoms with Crippen LogP contribution in [0.25, 0.3) is 0 Å². The van der Waals surface area contributed by atoms with Crippen LogP contribution in [0.5, 0.6) is 0 Å². The summed E-state index contributed by atoms with van der Waals surface area (Å²) in [6.45, 7) is 2.17. The molecule has 3 N–H and O–H groups in total. The largest absolute Gasteiger partial charge is 0.477 e. The molecule has 2 rings (SSSR count). The molecular weight excluding hydrogens is 443 g/mol. The second-order valence-corrected chi connectivity index (χ2v) is 7.37. The quantitative estimate of drug-likeness (QED) is 0.260. The highest BCUT2D eigenvalue weighted by atomic mass is 127. The smallest absolute Gasteiger partial charge is 0.344 e. The lowest BCUT2D eigenvalue weighted by atomic mass is 10.1. The number of nitrogens with one attached hydrogen (secondary N) is 1. The molecule has 0 radical (unpaired) electrons. The van der Waals surface area contributed by atoms with Gasteiger partial charge >= 0.3 is 11.9 Å². The number of rotatable bonds is 6. The Morgan fingerprint density at radius 3 is 2.71 bits per heavy atom. The van der Waals surface area contributed by atoms with Gasteiger partial charge in [-0.15, -0.1) is 11.8 Å². The summed E-state index contributed by atoms with van der Waals surface area (Å²) in [6, 6.07) is 4.22. The van der Waals surface area contributed by atoms with Crippen LogP contribution in [-0.2, 0) is 16.0 Å². The van der Waals surface area contributed by atoms with Gasteiger partial charge in [0.2, 0.25) is 0 Å². The van der Waals surface area contributed by atoms with Gasteiger partial charge < -0.3 is 15.5 Å². The van der Waals surface area contributed by atoms with Crippen molar-refractivity contribution in [1.29, 1.82) is 0 Å². The number of carbonyl (C=O) groups is 2. The number of halogens is 1. The minimum Gasteiger partial charge on any atom is -0.477 e. The highest BCUT2D eigenvalue weighted by Gasteiger charge is 2.18. The Morgan fingerprint density at radius 1 is 1.38 bits per heavy atom. The molecule has 0 amide bonds. The summed E-state index contributed by atoms with van der Waals surface area (Å²) in [4.78, 5) is 26.8. The van der Waals surface area contributed by atoms with Crippen LogP contribution >= 0.6 is 34.4 Å². The summed E-state index contributed by atoms with van der Waals surface area (Å²) in [7, 11) is 0. The Hall–Kier alpha value is -1.55. The van der Waals surface area contributed by atoms with Gasteiger partial charge in [0, 0.05) is 8.47 Å². The van der Waals surface area contributed by atoms with Gasteiger partial charge in [0.05, 0.1) is 17.6 Å². The number of aliphatic imine (C=N–C) groups is 1. The van der Waals surface area contributed by atoms with Crippen molar-refractivity contribution in [1.82, 2.24) is 0 Å². The molecule has 8 heteroatoms. The fraction of sp³-hybridized carbons (Fsp3) is 0.312. The number of hydrogen-bond acceptors (Lipinski definition) is 4. The molecule has 0 atom stereocenters. The second kappa shape index (κ2) is 8.52. The van der Waals surface area contributed by atoms with Gasteiger partial charge in [0.25, 0.3) is 0 Å². The molecule has 0 saturated carbocycles. The third kappa shape index (κ3) is 4.73. The monoisotopic (exact) mass is 460 g/mol. The number of thioether (sulfide) groups is 1. The first-order valence-corrected chi connectivity index (χ1v) is 9.44. The lowest BCUT2D eigenvalue weighted by Crippen LogP contribution is -2.20. The predicted molar refractivity (Wildman–Crippen MR) is 103 cm³/mol. The van der Waals surface area contributed by atoms with E-state index < -0.39 is 17.5 Å². The number of amidine groups is 1. The molecule has 0 aromatic heterocycles. The first-order valence-electron chi connectivity index (χ1n) is 7.38. The number of aryl methyl sites for hydroxylation is 1. The van der Waals surface area contributed by atoms with Crippen molar-refractivity contribution in [3.05, 3.63) is 33.0 Å². The molecular formula is C16H17IN2O4S. The molecule has 1 aromatic rings. The molecule has 1 aliphatic rings. The van der Waals surface area contributed by atoms with Crippen molar-refractivity contribution in [2.75, 3.05) is 11.1 Å². The number of carboxylic acids is 2. The molecule has 0 aliphatic carbocycles. The highest BCUT2D eigenvalue weighted by Crippen LogP contribution is 2.35. The highest BCUT2D eigenvalue weighted by molar-refractivity contribution is 14.1. The summed E-state index contributed by atoms with van der Waals surface area (Å²) in [6.07, 6.45) is 4.22. The SMILES string of the molecule is CCCCc1cc2c(cc1I)NC(=NC=C(C(=O)O)C(=O)O)CS2. The Morgan fingerprint density at radius 2 is 2.08 bits per heavy atom. The van der Waals surface area contributed by atoms with E-state index in [4.69, 9.17) is 10.2 Å². The van der Waals surface area contributed by atoms with Crippen LogP contribution in [0, 0.1) is 3.57 Å². The van der Waals surface area contributed by atoms with Gasteiger partial charge in [-0.2, -0.15) is 0 Å². The lowest BCUT2D eigenvalue weighted by Gasteiger charge is -2.21. The van der Waals surface area contributed by atoms with Gasteiger partial charge in [-0.3, -0.25) is 0 Å². The summed E-state index contributed by atoms with van der Waals surface area (Å²) < 4.78 is 1.17. The van der Waals surface area contributed by atoms with Crippen LogP contribution in [0.2, 0.25) is 0 Å². The summed E-state index contributed by atoms with van der Waals surface area (Å²) in [5.74, 6) is -1.95. The maximum atomic E-state index is 10.8. The minimum absolute atomic E-state index is 0.532. The van der Waals surface area contributed by atoms with Crippen LogP contribution in [-0.4, -0.2) is 33.7 Å². The number of carboxylic acid groups (broad SMARTS) is 2. The van der Waals surface area contributed by atoms with Crippen LogP contribution < -0.4 is 5.32 Å². The molecule has 0 saturated heterocycles. The van der Waals surface area contributed by atoms with E-state index in [0.29, 0.717) is 11.6 Å². The van der Waals surface area contributed by atoms with Gasteiger partial charge in [-0.05, 0) is 53.1 Å². The number of hydrogen-bond donors (Lipinski definition) is 3. The fourth-order valence-electron chi connectivity index (χ4n) is 2.12. The van der Waals surface area contributed by atoms with Gasteiger partial charge in [0.1, 0.15) is 5.84 Å². The number of unbranched alkanes of at least 4 members (excludes halogenated alkanes) is 1. The van der Waals surface area contributed by atoms with Crippen LogP contribution in [0.15, 0.2) is 33.8 Å². The van der Waals surface area contributed by atoms with E-state index in [9.17, 15) is 9.59 Å². The van der Waals surface area contributed by atoms with E-state index in [0.717, 1.165) is 36.0 Å². The molecule has 1 aliphatic heterocycles. The van der Waals surface area contributed by atoms with Gasteiger partial charge in [-0.25, -0.2) is 14.6 Å². The van der Waals surface area contributed by atoms with E-state index in [2.05, 4.69) is 45.9 Å². The molecule has 0 spiro atoms. The molecule has 0 fully saturated rings. The molecule has 1 heterocycles. The van der Waals surface area contributed by atoms with Crippen LogP contribution in [0.3, 0.4) is 0 Å². The second-order valence-electron chi connectivity index (χ2n) is 5.19. The van der Waals surface area contributed by atoms with E-state index in [-0.39, 0.29) is 0 Å². The van der Waals surface area contributed by atoms with Gasteiger partial charge in [-0.1, -0.05) is 13.3 Å². The number of nitrogens with zero attached hydrogens (tertiary/aromatic N) is 1. The van der Waals surface area contributed by atoms with E-state index >= 15 is 0 Å². The van der Waals surface area contributed by atoms with Crippen molar-refractivity contribution < 1.29 is 19.8 Å². The zero-order valence-electron chi connectivity index (χ0n) is 13.0. The van der Waals surface area contributed by atoms with E-state index in [1.54, 1.807) is 11.8 Å². The average Bonchev–Trinajstić information content (AvgIpc) is 2.52. The first kappa shape index (κ1) is 18.8. The zero-order chi connectivity index (χ0) is 17.7. The summed E-state index contributed by atoms with van der Waals surface area (Å²) in [5, 5.41) is 20.8. The Balaban J connectivity index is 2.21. The lowest BCUT2D eigenvalue weighted by molar-refractivity contribution is -0.140. The Bertz CT molecular complexity index is 715. The molecule has 128 valence electrons. The number of anilines is 1. The normalized spacial score (nSPS) is 14.7. The van der Waals surface area contributed by atoms with E-state index in [1.807, 2.05) is 6.07 Å². The predicted octanol–water partition coefficient (Wildman–Crippen LogP) is 3.60. The maximum Gasteiger partial charge on any atom is 0.344 e. The van der Waals surface area contributed by atoms with Crippen molar-refractivity contribution in [2.24, 2.45) is 4.99 Å². The topological polar surface area (TPSA) is 99.0 Å². The third-order valence-electron chi connectivity index (χ3n) is 3.40. The molecule has 6 nitrogen and oxygen atoms in total. The fourth-order valence-corrected chi connectivity index (χ4v) is 3.79. The summed E-state index contributed by atoms with van der Waals surface area (Å²) >= 11 is 3.91. The van der Waals surface area contributed by atoms with Crippen LogP contribution in [0.4, 0.5) is 5.69 Å². The summed E-state index contributed by atoms with van der Waals surface area (Å²) in [5.41, 5.74) is 1.48. The van der Waals surface area contributed by atoms with Crippen molar-refractivity contribution in [3.8, 4) is 0 Å². The zero-order valence-corrected chi connectivity index (χ0v) is 16.0. The first-order chi connectivity index (χ1) is 11.4. The number of benzene rings is 1. The molecule has 0 unspecified atom stereocenters. The van der Waals surface area contributed by atoms with Gasteiger partial charge in [0.15, 0.2) is 5.57 Å². The Labute approximate surface area is 157 Å². The van der Waals surface area contributed by atoms with Crippen molar-refractivity contribution in [2.45, 2.75) is 31.1 Å². The molecule has 24 heavy (non-hydrogen) atoms.